The minimum absolute atomic E-state index is 0.133. The summed E-state index contributed by atoms with van der Waals surface area (Å²) in [4.78, 5) is 11.7. The van der Waals surface area contributed by atoms with Gasteiger partial charge in [-0.2, -0.15) is 0 Å². The second-order valence-electron chi connectivity index (χ2n) is 5.38. The molecule has 2 unspecified atom stereocenters. The highest BCUT2D eigenvalue weighted by molar-refractivity contribution is 5.73. The highest BCUT2D eigenvalue weighted by atomic mass is 19.1. The predicted molar refractivity (Wildman–Crippen MR) is 82.8 cm³/mol. The lowest BCUT2D eigenvalue weighted by atomic mass is 10.0. The maximum Gasteiger partial charge on any atom is 0.315 e. The summed E-state index contributed by atoms with van der Waals surface area (Å²) in [6, 6.07) is 4.27. The lowest BCUT2D eigenvalue weighted by molar-refractivity contribution is 0.114. The van der Waals surface area contributed by atoms with Crippen molar-refractivity contribution in [3.63, 3.8) is 0 Å². The summed E-state index contributed by atoms with van der Waals surface area (Å²) in [5.74, 6) is -0.194. The third-order valence-corrected chi connectivity index (χ3v) is 3.64. The zero-order chi connectivity index (χ0) is 16.5. The monoisotopic (exact) mass is 312 g/mol. The van der Waals surface area contributed by atoms with E-state index in [2.05, 4.69) is 10.6 Å². The van der Waals surface area contributed by atoms with Crippen LogP contribution in [0.5, 0.6) is 0 Å². The van der Waals surface area contributed by atoms with Crippen molar-refractivity contribution in [2.24, 2.45) is 5.92 Å². The summed E-state index contributed by atoms with van der Waals surface area (Å²) in [6.07, 6.45) is 0.289. The Balaban J connectivity index is 2.42. The summed E-state index contributed by atoms with van der Waals surface area (Å²) in [5.41, 5.74) is 1.24. The standard InChI is InChI=1S/C16H25FN2O3/c1-4-11(2)15(20)9-19-16(21)18-8-12-5-6-14(17)13(7-12)10-22-3/h5-7,11,15,20H,4,8-10H2,1-3H3,(H2,18,19,21). The molecule has 0 aliphatic carbocycles. The molecule has 5 nitrogen and oxygen atoms in total. The van der Waals surface area contributed by atoms with Crippen molar-refractivity contribution in [2.75, 3.05) is 13.7 Å². The zero-order valence-electron chi connectivity index (χ0n) is 13.4. The number of carbonyl (C=O) groups excluding carboxylic acids is 1. The number of nitrogens with one attached hydrogen (secondary N) is 2. The SMILES string of the molecule is CCC(C)C(O)CNC(=O)NCc1ccc(F)c(COC)c1. The number of urea groups is 1. The molecule has 2 amide bonds. The fourth-order valence-electron chi connectivity index (χ4n) is 1.92. The van der Waals surface area contributed by atoms with Crippen LogP contribution in [0.4, 0.5) is 9.18 Å². The molecule has 0 bridgehead atoms. The number of benzene rings is 1. The molecule has 3 N–H and O–H groups in total. The van der Waals surface area contributed by atoms with Gasteiger partial charge in [-0.05, 0) is 23.6 Å². The Kier molecular flexibility index (Phi) is 7.84. The molecule has 0 aliphatic rings. The van der Waals surface area contributed by atoms with Crippen molar-refractivity contribution < 1.29 is 19.0 Å². The number of halogens is 1. The first-order valence-corrected chi connectivity index (χ1v) is 7.43. The summed E-state index contributed by atoms with van der Waals surface area (Å²) < 4.78 is 18.4. The Morgan fingerprint density at radius 3 is 2.77 bits per heavy atom. The van der Waals surface area contributed by atoms with E-state index in [1.807, 2.05) is 13.8 Å². The molecule has 0 heterocycles. The van der Waals surface area contributed by atoms with Gasteiger partial charge in [-0.25, -0.2) is 9.18 Å². The van der Waals surface area contributed by atoms with E-state index >= 15 is 0 Å². The molecular weight excluding hydrogens is 287 g/mol. The van der Waals surface area contributed by atoms with E-state index in [9.17, 15) is 14.3 Å². The van der Waals surface area contributed by atoms with Gasteiger partial charge >= 0.3 is 6.03 Å². The number of aliphatic hydroxyl groups excluding tert-OH is 1. The average molecular weight is 312 g/mol. The van der Waals surface area contributed by atoms with E-state index in [-0.39, 0.29) is 37.5 Å². The van der Waals surface area contributed by atoms with Crippen LogP contribution in [0.25, 0.3) is 0 Å². The van der Waals surface area contributed by atoms with E-state index in [1.165, 1.54) is 13.2 Å². The summed E-state index contributed by atoms with van der Waals surface area (Å²) >= 11 is 0. The van der Waals surface area contributed by atoms with Crippen molar-refractivity contribution in [2.45, 2.75) is 39.5 Å². The molecule has 0 aromatic heterocycles. The number of hydrogen-bond acceptors (Lipinski definition) is 3. The van der Waals surface area contributed by atoms with Gasteiger partial charge in [0.1, 0.15) is 5.82 Å². The number of carbonyl (C=O) groups is 1. The van der Waals surface area contributed by atoms with Crippen LogP contribution >= 0.6 is 0 Å². The van der Waals surface area contributed by atoms with E-state index in [0.717, 1.165) is 12.0 Å². The maximum absolute atomic E-state index is 13.5. The second-order valence-corrected chi connectivity index (χ2v) is 5.38. The van der Waals surface area contributed by atoms with Crippen molar-refractivity contribution >= 4 is 6.03 Å². The summed E-state index contributed by atoms with van der Waals surface area (Å²) in [6.45, 7) is 4.59. The fourth-order valence-corrected chi connectivity index (χ4v) is 1.92. The predicted octanol–water partition coefficient (Wildman–Crippen LogP) is 2.18. The van der Waals surface area contributed by atoms with Gasteiger partial charge in [-0.1, -0.05) is 26.3 Å². The minimum atomic E-state index is -0.560. The molecule has 2 atom stereocenters. The molecule has 0 fully saturated rings. The van der Waals surface area contributed by atoms with Crippen LogP contribution in [0.2, 0.25) is 0 Å². The van der Waals surface area contributed by atoms with Gasteiger partial charge in [0.05, 0.1) is 12.7 Å². The average Bonchev–Trinajstić information content (AvgIpc) is 2.52. The van der Waals surface area contributed by atoms with E-state index in [1.54, 1.807) is 12.1 Å². The molecule has 6 heteroatoms. The lowest BCUT2D eigenvalue weighted by Gasteiger charge is -2.17. The molecule has 0 spiro atoms. The number of aliphatic hydroxyl groups is 1. The van der Waals surface area contributed by atoms with E-state index in [4.69, 9.17) is 4.74 Å². The third kappa shape index (κ3) is 5.99. The highest BCUT2D eigenvalue weighted by Gasteiger charge is 2.13. The third-order valence-electron chi connectivity index (χ3n) is 3.64. The molecule has 1 aromatic rings. The molecule has 1 aromatic carbocycles. The zero-order valence-corrected chi connectivity index (χ0v) is 13.4. The van der Waals surface area contributed by atoms with Gasteiger partial charge in [-0.15, -0.1) is 0 Å². The minimum Gasteiger partial charge on any atom is -0.391 e. The first-order chi connectivity index (χ1) is 10.5. The van der Waals surface area contributed by atoms with Crippen LogP contribution in [0, 0.1) is 11.7 Å². The van der Waals surface area contributed by atoms with Crippen LogP contribution in [0.15, 0.2) is 18.2 Å². The van der Waals surface area contributed by atoms with Crippen LogP contribution in [0.1, 0.15) is 31.4 Å². The lowest BCUT2D eigenvalue weighted by Crippen LogP contribution is -2.41. The molecule has 0 aliphatic heterocycles. The Hall–Kier alpha value is -1.66. The van der Waals surface area contributed by atoms with Crippen LogP contribution in [0.3, 0.4) is 0 Å². The van der Waals surface area contributed by atoms with Crippen LogP contribution < -0.4 is 10.6 Å². The van der Waals surface area contributed by atoms with Gasteiger partial charge in [0.2, 0.25) is 0 Å². The molecule has 0 saturated carbocycles. The Morgan fingerprint density at radius 1 is 1.41 bits per heavy atom. The molecular formula is C16H25FN2O3. The number of methoxy groups -OCH3 is 1. The fraction of sp³-hybridized carbons (Fsp3) is 0.562. The van der Waals surface area contributed by atoms with Crippen molar-refractivity contribution in [1.82, 2.24) is 10.6 Å². The quantitative estimate of drug-likeness (QED) is 0.689. The molecule has 22 heavy (non-hydrogen) atoms. The highest BCUT2D eigenvalue weighted by Crippen LogP contribution is 2.11. The first kappa shape index (κ1) is 18.4. The van der Waals surface area contributed by atoms with E-state index < -0.39 is 6.10 Å². The number of amides is 2. The van der Waals surface area contributed by atoms with Gasteiger partial charge in [0.15, 0.2) is 0 Å². The molecule has 0 radical (unpaired) electrons. The van der Waals surface area contributed by atoms with Gasteiger partial charge < -0.3 is 20.5 Å². The topological polar surface area (TPSA) is 70.6 Å². The van der Waals surface area contributed by atoms with Gasteiger partial charge in [-0.3, -0.25) is 0 Å². The smallest absolute Gasteiger partial charge is 0.315 e. The summed E-state index contributed by atoms with van der Waals surface area (Å²) in [7, 11) is 1.50. The second kappa shape index (κ2) is 9.38. The Labute approximate surface area is 130 Å². The number of hydrogen-bond donors (Lipinski definition) is 3. The Morgan fingerprint density at radius 2 is 2.14 bits per heavy atom. The number of ether oxygens (including phenoxy) is 1. The molecule has 1 rings (SSSR count). The number of rotatable bonds is 8. The maximum atomic E-state index is 13.5. The summed E-state index contributed by atoms with van der Waals surface area (Å²) in [5, 5.41) is 15.1. The van der Waals surface area contributed by atoms with Crippen molar-refractivity contribution in [3.05, 3.63) is 35.1 Å². The van der Waals surface area contributed by atoms with Crippen LogP contribution in [-0.2, 0) is 17.9 Å². The largest absolute Gasteiger partial charge is 0.391 e. The Bertz CT molecular complexity index is 482. The van der Waals surface area contributed by atoms with Gasteiger partial charge in [0, 0.05) is 25.8 Å². The van der Waals surface area contributed by atoms with Crippen molar-refractivity contribution in [3.8, 4) is 0 Å². The normalized spacial score (nSPS) is 13.5. The van der Waals surface area contributed by atoms with E-state index in [0.29, 0.717) is 5.56 Å². The first-order valence-electron chi connectivity index (χ1n) is 7.43. The van der Waals surface area contributed by atoms with Crippen LogP contribution in [-0.4, -0.2) is 30.9 Å². The molecule has 124 valence electrons. The molecule has 0 saturated heterocycles. The van der Waals surface area contributed by atoms with Crippen molar-refractivity contribution in [1.29, 1.82) is 0 Å². The van der Waals surface area contributed by atoms with Gasteiger partial charge in [0.25, 0.3) is 0 Å².